The van der Waals surface area contributed by atoms with E-state index in [-0.39, 0.29) is 5.84 Å². The summed E-state index contributed by atoms with van der Waals surface area (Å²) in [5, 5.41) is 15.3. The third kappa shape index (κ3) is 2.80. The maximum atomic E-state index is 8.71. The first-order valence-electron chi connectivity index (χ1n) is 7.54. The molecule has 4 heteroatoms. The van der Waals surface area contributed by atoms with Gasteiger partial charge in [-0.25, -0.2) is 0 Å². The number of rotatable bonds is 5. The summed E-state index contributed by atoms with van der Waals surface area (Å²) in [6, 6.07) is 7.85. The van der Waals surface area contributed by atoms with E-state index in [1.165, 1.54) is 31.2 Å². The number of benzene rings is 1. The fourth-order valence-electron chi connectivity index (χ4n) is 3.93. The molecule has 0 saturated heterocycles. The summed E-state index contributed by atoms with van der Waals surface area (Å²) in [7, 11) is 0. The van der Waals surface area contributed by atoms with Crippen molar-refractivity contribution in [1.29, 1.82) is 0 Å². The first kappa shape index (κ1) is 13.4. The number of hydrogen-bond acceptors (Lipinski definition) is 3. The molecule has 4 nitrogen and oxygen atoms in total. The van der Waals surface area contributed by atoms with Crippen molar-refractivity contribution in [2.75, 3.05) is 6.54 Å². The summed E-state index contributed by atoms with van der Waals surface area (Å²) >= 11 is 0. The number of fused-ring (bicyclic) bond motifs is 2. The predicted molar refractivity (Wildman–Crippen MR) is 79.6 cm³/mol. The van der Waals surface area contributed by atoms with Crippen LogP contribution in [0.15, 0.2) is 29.4 Å². The fraction of sp³-hybridized carbons (Fsp3) is 0.562. The Morgan fingerprint density at radius 1 is 1.35 bits per heavy atom. The van der Waals surface area contributed by atoms with Crippen LogP contribution in [0, 0.1) is 17.8 Å². The van der Waals surface area contributed by atoms with Crippen molar-refractivity contribution in [3.63, 3.8) is 0 Å². The van der Waals surface area contributed by atoms with Gasteiger partial charge in [0.2, 0.25) is 0 Å². The average molecular weight is 273 g/mol. The molecule has 108 valence electrons. The minimum Gasteiger partial charge on any atom is -0.409 e. The molecule has 1 aromatic rings. The Balaban J connectivity index is 1.51. The quantitative estimate of drug-likeness (QED) is 0.334. The lowest BCUT2D eigenvalue weighted by Gasteiger charge is -2.22. The van der Waals surface area contributed by atoms with Crippen molar-refractivity contribution in [3.05, 3.63) is 35.4 Å². The molecule has 2 aliphatic carbocycles. The Morgan fingerprint density at radius 3 is 2.95 bits per heavy atom. The van der Waals surface area contributed by atoms with E-state index in [2.05, 4.69) is 16.5 Å². The normalized spacial score (nSPS) is 29.0. The van der Waals surface area contributed by atoms with Crippen LogP contribution in [-0.4, -0.2) is 17.6 Å². The smallest absolute Gasteiger partial charge is 0.170 e. The molecule has 2 fully saturated rings. The van der Waals surface area contributed by atoms with Crippen LogP contribution >= 0.6 is 0 Å². The van der Waals surface area contributed by atoms with Crippen molar-refractivity contribution >= 4 is 5.84 Å². The van der Waals surface area contributed by atoms with Crippen LogP contribution in [0.5, 0.6) is 0 Å². The lowest BCUT2D eigenvalue weighted by atomic mass is 9.89. The maximum absolute atomic E-state index is 8.71. The van der Waals surface area contributed by atoms with Gasteiger partial charge >= 0.3 is 0 Å². The number of nitrogens with one attached hydrogen (secondary N) is 1. The van der Waals surface area contributed by atoms with Crippen LogP contribution in [0.1, 0.15) is 36.8 Å². The Kier molecular flexibility index (Phi) is 3.92. The highest BCUT2D eigenvalue weighted by Crippen LogP contribution is 2.47. The molecule has 0 aromatic heterocycles. The van der Waals surface area contributed by atoms with Crippen molar-refractivity contribution < 1.29 is 5.21 Å². The minimum absolute atomic E-state index is 0.167. The molecule has 3 atom stereocenters. The van der Waals surface area contributed by atoms with Crippen molar-refractivity contribution in [1.82, 2.24) is 5.32 Å². The van der Waals surface area contributed by atoms with Crippen molar-refractivity contribution in [2.45, 2.75) is 32.2 Å². The van der Waals surface area contributed by atoms with Gasteiger partial charge in [-0.3, -0.25) is 0 Å². The largest absolute Gasteiger partial charge is 0.409 e. The molecule has 2 bridgehead atoms. The van der Waals surface area contributed by atoms with Crippen molar-refractivity contribution in [3.8, 4) is 0 Å². The molecule has 1 aromatic carbocycles. The molecular weight excluding hydrogens is 250 g/mol. The van der Waals surface area contributed by atoms with Gasteiger partial charge in [-0.15, -0.1) is 0 Å². The van der Waals surface area contributed by atoms with E-state index < -0.39 is 0 Å². The van der Waals surface area contributed by atoms with E-state index in [1.807, 2.05) is 18.2 Å². The van der Waals surface area contributed by atoms with Gasteiger partial charge in [-0.2, -0.15) is 0 Å². The molecule has 3 unspecified atom stereocenters. The van der Waals surface area contributed by atoms with Crippen LogP contribution in [-0.2, 0) is 6.54 Å². The first-order valence-corrected chi connectivity index (χ1v) is 7.54. The Labute approximate surface area is 120 Å². The molecule has 0 amide bonds. The molecule has 4 N–H and O–H groups in total. The van der Waals surface area contributed by atoms with E-state index in [1.54, 1.807) is 0 Å². The third-order valence-electron chi connectivity index (χ3n) is 4.95. The van der Waals surface area contributed by atoms with Crippen LogP contribution < -0.4 is 11.1 Å². The third-order valence-corrected chi connectivity index (χ3v) is 4.95. The zero-order valence-corrected chi connectivity index (χ0v) is 11.8. The highest BCUT2D eigenvalue weighted by atomic mass is 16.4. The topological polar surface area (TPSA) is 70.6 Å². The lowest BCUT2D eigenvalue weighted by molar-refractivity contribution is 0.318. The summed E-state index contributed by atoms with van der Waals surface area (Å²) in [5.41, 5.74) is 7.56. The van der Waals surface area contributed by atoms with E-state index in [0.717, 1.165) is 36.4 Å². The molecule has 0 spiro atoms. The maximum Gasteiger partial charge on any atom is 0.170 e. The molecule has 2 saturated carbocycles. The predicted octanol–water partition coefficient (Wildman–Crippen LogP) is 2.31. The van der Waals surface area contributed by atoms with Crippen LogP contribution in [0.25, 0.3) is 0 Å². The summed E-state index contributed by atoms with van der Waals surface area (Å²) in [6.07, 6.45) is 5.78. The van der Waals surface area contributed by atoms with Gasteiger partial charge in [-0.05, 0) is 55.2 Å². The molecule has 2 aliphatic rings. The first-order chi connectivity index (χ1) is 9.76. The number of oxime groups is 1. The second-order valence-corrected chi connectivity index (χ2v) is 6.25. The van der Waals surface area contributed by atoms with Gasteiger partial charge in [0.15, 0.2) is 5.84 Å². The van der Waals surface area contributed by atoms with Gasteiger partial charge in [0.25, 0.3) is 0 Å². The number of nitrogens with zero attached hydrogens (tertiary/aromatic N) is 1. The summed E-state index contributed by atoms with van der Waals surface area (Å²) in [6.45, 7) is 1.97. The average Bonchev–Trinajstić information content (AvgIpc) is 3.09. The van der Waals surface area contributed by atoms with Crippen LogP contribution in [0.2, 0.25) is 0 Å². The standard InChI is InChI=1S/C16H23N3O/c17-16(19-20)14-3-1-2-12(8-14)9-18-10-15-7-11-4-5-13(15)6-11/h1-3,8,11,13,15,18,20H,4-7,9-10H2,(H2,17,19). The van der Waals surface area contributed by atoms with Gasteiger partial charge in [-0.1, -0.05) is 29.8 Å². The molecule has 20 heavy (non-hydrogen) atoms. The van der Waals surface area contributed by atoms with Gasteiger partial charge in [0.05, 0.1) is 0 Å². The van der Waals surface area contributed by atoms with E-state index in [0.29, 0.717) is 0 Å². The summed E-state index contributed by atoms with van der Waals surface area (Å²) in [5.74, 6) is 3.02. The summed E-state index contributed by atoms with van der Waals surface area (Å²) < 4.78 is 0. The van der Waals surface area contributed by atoms with Crippen LogP contribution in [0.3, 0.4) is 0 Å². The summed E-state index contributed by atoms with van der Waals surface area (Å²) in [4.78, 5) is 0. The SMILES string of the molecule is NC(=NO)c1cccc(CNCC2CC3CCC2C3)c1. The molecule has 0 aliphatic heterocycles. The highest BCUT2D eigenvalue weighted by Gasteiger charge is 2.38. The zero-order chi connectivity index (χ0) is 13.9. The molecule has 3 rings (SSSR count). The Hall–Kier alpha value is -1.55. The lowest BCUT2D eigenvalue weighted by Crippen LogP contribution is -2.26. The Bertz CT molecular complexity index is 500. The van der Waals surface area contributed by atoms with E-state index in [9.17, 15) is 0 Å². The van der Waals surface area contributed by atoms with Crippen molar-refractivity contribution in [2.24, 2.45) is 28.6 Å². The Morgan fingerprint density at radius 2 is 2.25 bits per heavy atom. The second kappa shape index (κ2) is 5.83. The van der Waals surface area contributed by atoms with Gasteiger partial charge in [0.1, 0.15) is 0 Å². The molecule has 0 radical (unpaired) electrons. The van der Waals surface area contributed by atoms with E-state index in [4.69, 9.17) is 10.9 Å². The second-order valence-electron chi connectivity index (χ2n) is 6.25. The van der Waals surface area contributed by atoms with Gasteiger partial charge < -0.3 is 16.3 Å². The molecule has 0 heterocycles. The minimum atomic E-state index is 0.167. The number of hydrogen-bond donors (Lipinski definition) is 3. The van der Waals surface area contributed by atoms with Crippen LogP contribution in [0.4, 0.5) is 0 Å². The van der Waals surface area contributed by atoms with E-state index >= 15 is 0 Å². The number of nitrogens with two attached hydrogens (primary N) is 1. The molecular formula is C16H23N3O. The zero-order valence-electron chi connectivity index (χ0n) is 11.8. The number of amidine groups is 1. The van der Waals surface area contributed by atoms with Gasteiger partial charge in [0, 0.05) is 12.1 Å². The highest BCUT2D eigenvalue weighted by molar-refractivity contribution is 5.97. The monoisotopic (exact) mass is 273 g/mol. The fourth-order valence-corrected chi connectivity index (χ4v) is 3.93.